The number of hydrogen-bond donors (Lipinski definition) is 2. The van der Waals surface area contributed by atoms with Gasteiger partial charge < -0.3 is 0 Å². The number of amides is 1. The van der Waals surface area contributed by atoms with E-state index in [0.717, 1.165) is 6.42 Å². The van der Waals surface area contributed by atoms with Gasteiger partial charge in [-0.3, -0.25) is 10.2 Å². The number of aryl methyl sites for hydroxylation is 2. The van der Waals surface area contributed by atoms with Crippen molar-refractivity contribution in [1.82, 2.24) is 5.43 Å². The lowest BCUT2D eigenvalue weighted by Gasteiger charge is -1.91. The Morgan fingerprint density at radius 3 is 2.83 bits per heavy atom. The van der Waals surface area contributed by atoms with Crippen molar-refractivity contribution in [2.75, 3.05) is 0 Å². The van der Waals surface area contributed by atoms with Gasteiger partial charge in [-0.25, -0.2) is 5.84 Å². The topological polar surface area (TPSA) is 55.1 Å². The molecule has 1 aromatic heterocycles. The molecule has 0 radical (unpaired) electrons. The molecule has 3 N–H and O–H groups in total. The van der Waals surface area contributed by atoms with Gasteiger partial charge in [0.15, 0.2) is 0 Å². The van der Waals surface area contributed by atoms with E-state index in [1.54, 1.807) is 0 Å². The van der Waals surface area contributed by atoms with E-state index < -0.39 is 0 Å². The van der Waals surface area contributed by atoms with Crippen LogP contribution in [0.3, 0.4) is 0 Å². The molecule has 0 saturated carbocycles. The molecule has 12 heavy (non-hydrogen) atoms. The highest BCUT2D eigenvalue weighted by molar-refractivity contribution is 7.14. The zero-order chi connectivity index (χ0) is 9.14. The number of carbonyl (C=O) groups excluding carboxylic acids is 1. The van der Waals surface area contributed by atoms with Crippen LogP contribution in [-0.2, 0) is 6.42 Å². The van der Waals surface area contributed by atoms with E-state index in [0.29, 0.717) is 4.88 Å². The Kier molecular flexibility index (Phi) is 2.83. The third-order valence-corrected chi connectivity index (χ3v) is 2.85. The molecule has 0 aliphatic heterocycles. The number of nitrogen functional groups attached to an aromatic ring is 1. The SMILES string of the molecule is CCc1cc(C(=O)NN)sc1C. The molecule has 1 heterocycles. The molecule has 0 fully saturated rings. The number of hydrogen-bond acceptors (Lipinski definition) is 3. The number of carbonyl (C=O) groups is 1. The predicted molar refractivity (Wildman–Crippen MR) is 50.1 cm³/mol. The van der Waals surface area contributed by atoms with Gasteiger partial charge >= 0.3 is 0 Å². The van der Waals surface area contributed by atoms with Gasteiger partial charge in [-0.1, -0.05) is 6.92 Å². The molecule has 3 nitrogen and oxygen atoms in total. The van der Waals surface area contributed by atoms with E-state index in [2.05, 4.69) is 12.3 Å². The second-order valence-electron chi connectivity index (χ2n) is 2.52. The summed E-state index contributed by atoms with van der Waals surface area (Å²) in [5.41, 5.74) is 3.34. The Labute approximate surface area is 75.6 Å². The molecule has 0 unspecified atom stereocenters. The summed E-state index contributed by atoms with van der Waals surface area (Å²) < 4.78 is 0. The maximum Gasteiger partial charge on any atom is 0.275 e. The lowest BCUT2D eigenvalue weighted by molar-refractivity contribution is 0.0957. The van der Waals surface area contributed by atoms with Crippen molar-refractivity contribution in [3.63, 3.8) is 0 Å². The van der Waals surface area contributed by atoms with Crippen molar-refractivity contribution < 1.29 is 4.79 Å². The van der Waals surface area contributed by atoms with Gasteiger partial charge in [0, 0.05) is 4.88 Å². The zero-order valence-electron chi connectivity index (χ0n) is 7.18. The second-order valence-corrected chi connectivity index (χ2v) is 3.78. The van der Waals surface area contributed by atoms with Crippen LogP contribution in [0.5, 0.6) is 0 Å². The van der Waals surface area contributed by atoms with Crippen LogP contribution in [0.25, 0.3) is 0 Å². The molecule has 1 amide bonds. The minimum absolute atomic E-state index is 0.206. The molecule has 66 valence electrons. The Balaban J connectivity index is 2.96. The monoisotopic (exact) mass is 184 g/mol. The van der Waals surface area contributed by atoms with E-state index in [-0.39, 0.29) is 5.91 Å². The summed E-state index contributed by atoms with van der Waals surface area (Å²) in [4.78, 5) is 12.9. The summed E-state index contributed by atoms with van der Waals surface area (Å²) in [5.74, 6) is 4.81. The number of hydrazine groups is 1. The summed E-state index contributed by atoms with van der Waals surface area (Å²) in [5, 5.41) is 0. The average Bonchev–Trinajstić information content (AvgIpc) is 2.45. The fourth-order valence-electron chi connectivity index (χ4n) is 1.05. The lowest BCUT2D eigenvalue weighted by atomic mass is 10.2. The van der Waals surface area contributed by atoms with Gasteiger partial charge in [0.05, 0.1) is 4.88 Å². The molecular formula is C8H12N2OS. The molecule has 1 rings (SSSR count). The molecule has 0 bridgehead atoms. The molecule has 0 aliphatic carbocycles. The van der Waals surface area contributed by atoms with E-state index in [4.69, 9.17) is 5.84 Å². The first-order valence-corrected chi connectivity index (χ1v) is 4.61. The summed E-state index contributed by atoms with van der Waals surface area (Å²) in [6, 6.07) is 1.89. The van der Waals surface area contributed by atoms with E-state index >= 15 is 0 Å². The molecule has 4 heteroatoms. The van der Waals surface area contributed by atoms with Crippen LogP contribution >= 0.6 is 11.3 Å². The zero-order valence-corrected chi connectivity index (χ0v) is 7.99. The van der Waals surface area contributed by atoms with Crippen LogP contribution in [0.2, 0.25) is 0 Å². The van der Waals surface area contributed by atoms with E-state index in [1.807, 2.05) is 13.0 Å². The van der Waals surface area contributed by atoms with Crippen LogP contribution < -0.4 is 11.3 Å². The van der Waals surface area contributed by atoms with Crippen molar-refractivity contribution >= 4 is 17.2 Å². The fraction of sp³-hybridized carbons (Fsp3) is 0.375. The Hall–Kier alpha value is -0.870. The molecule has 0 spiro atoms. The minimum Gasteiger partial charge on any atom is -0.289 e. The van der Waals surface area contributed by atoms with Crippen molar-refractivity contribution in [3.05, 3.63) is 21.4 Å². The van der Waals surface area contributed by atoms with Crippen LogP contribution in [0.15, 0.2) is 6.07 Å². The molecule has 0 aliphatic rings. The Morgan fingerprint density at radius 2 is 2.42 bits per heavy atom. The van der Waals surface area contributed by atoms with Gasteiger partial charge in [-0.15, -0.1) is 11.3 Å². The van der Waals surface area contributed by atoms with Crippen LogP contribution in [0.1, 0.15) is 27.0 Å². The average molecular weight is 184 g/mol. The van der Waals surface area contributed by atoms with Gasteiger partial charge in [0.25, 0.3) is 5.91 Å². The van der Waals surface area contributed by atoms with Crippen LogP contribution in [0.4, 0.5) is 0 Å². The summed E-state index contributed by atoms with van der Waals surface area (Å²) in [6.07, 6.45) is 0.959. The molecule has 0 saturated heterocycles. The van der Waals surface area contributed by atoms with Crippen LogP contribution in [0, 0.1) is 6.92 Å². The normalized spacial score (nSPS) is 9.92. The smallest absolute Gasteiger partial charge is 0.275 e. The van der Waals surface area contributed by atoms with Gasteiger partial charge in [-0.2, -0.15) is 0 Å². The first-order valence-electron chi connectivity index (χ1n) is 3.79. The number of nitrogens with one attached hydrogen (secondary N) is 1. The first kappa shape index (κ1) is 9.22. The standard InChI is InChI=1S/C8H12N2OS/c1-3-6-4-7(8(11)10-9)12-5(6)2/h4H,3,9H2,1-2H3,(H,10,11). The first-order chi connectivity index (χ1) is 5.69. The summed E-state index contributed by atoms with van der Waals surface area (Å²) >= 11 is 1.48. The Morgan fingerprint density at radius 1 is 1.75 bits per heavy atom. The molecule has 0 atom stereocenters. The molecular weight excluding hydrogens is 172 g/mol. The lowest BCUT2D eigenvalue weighted by Crippen LogP contribution is -2.29. The summed E-state index contributed by atoms with van der Waals surface area (Å²) in [6.45, 7) is 4.08. The van der Waals surface area contributed by atoms with Gasteiger partial charge in [-0.05, 0) is 25.0 Å². The Bertz CT molecular complexity index is 293. The van der Waals surface area contributed by atoms with Crippen molar-refractivity contribution in [3.8, 4) is 0 Å². The van der Waals surface area contributed by atoms with E-state index in [1.165, 1.54) is 21.8 Å². The van der Waals surface area contributed by atoms with Gasteiger partial charge in [0.1, 0.15) is 0 Å². The molecule has 0 aromatic carbocycles. The fourth-order valence-corrected chi connectivity index (χ4v) is 2.07. The number of thiophene rings is 1. The second kappa shape index (κ2) is 3.69. The highest BCUT2D eigenvalue weighted by Crippen LogP contribution is 2.21. The van der Waals surface area contributed by atoms with Crippen molar-refractivity contribution in [2.24, 2.45) is 5.84 Å². The highest BCUT2D eigenvalue weighted by atomic mass is 32.1. The maximum absolute atomic E-state index is 11.1. The quantitative estimate of drug-likeness (QED) is 0.412. The van der Waals surface area contributed by atoms with Crippen LogP contribution in [-0.4, -0.2) is 5.91 Å². The summed E-state index contributed by atoms with van der Waals surface area (Å²) in [7, 11) is 0. The third kappa shape index (κ3) is 1.65. The minimum atomic E-state index is -0.206. The largest absolute Gasteiger partial charge is 0.289 e. The van der Waals surface area contributed by atoms with E-state index in [9.17, 15) is 4.79 Å². The number of rotatable bonds is 2. The predicted octanol–water partition coefficient (Wildman–Crippen LogP) is 1.22. The third-order valence-electron chi connectivity index (χ3n) is 1.76. The molecule has 1 aromatic rings. The van der Waals surface area contributed by atoms with Crippen molar-refractivity contribution in [2.45, 2.75) is 20.3 Å². The highest BCUT2D eigenvalue weighted by Gasteiger charge is 2.09. The number of nitrogens with two attached hydrogens (primary N) is 1. The van der Waals surface area contributed by atoms with Gasteiger partial charge in [0.2, 0.25) is 0 Å². The van der Waals surface area contributed by atoms with Crippen molar-refractivity contribution in [1.29, 1.82) is 0 Å². The maximum atomic E-state index is 11.1.